The normalized spacial score (nSPS) is 13.8. The van der Waals surface area contributed by atoms with Crippen LogP contribution in [0, 0.1) is 11.3 Å². The lowest BCUT2D eigenvalue weighted by molar-refractivity contribution is 0.244. The third-order valence-electron chi connectivity index (χ3n) is 4.95. The number of hydrogen-bond acceptors (Lipinski definition) is 4. The second kappa shape index (κ2) is 7.14. The molecule has 0 fully saturated rings. The van der Waals surface area contributed by atoms with Crippen LogP contribution in [-0.4, -0.2) is 28.3 Å². The number of methoxy groups -OCH3 is 1. The molecule has 136 valence electrons. The van der Waals surface area contributed by atoms with Gasteiger partial charge >= 0.3 is 0 Å². The third kappa shape index (κ3) is 3.37. The van der Waals surface area contributed by atoms with Gasteiger partial charge in [-0.15, -0.1) is 0 Å². The van der Waals surface area contributed by atoms with Crippen LogP contribution in [0.4, 0.5) is 0 Å². The lowest BCUT2D eigenvalue weighted by Gasteiger charge is -2.25. The molecule has 0 saturated heterocycles. The van der Waals surface area contributed by atoms with Crippen LogP contribution >= 0.6 is 0 Å². The first-order valence-corrected chi connectivity index (χ1v) is 8.86. The molecular weight excluding hydrogens is 340 g/mol. The number of nitrogens with zero attached hydrogens (tertiary/aromatic N) is 3. The van der Waals surface area contributed by atoms with Gasteiger partial charge in [-0.25, -0.2) is 4.68 Å². The molecule has 0 saturated carbocycles. The van der Waals surface area contributed by atoms with Gasteiger partial charge in [-0.3, -0.25) is 14.8 Å². The SMILES string of the molecule is COc1ccc(-n2[nH]c3c(c2=O)CN(Cc2ccc(C#N)cc2)CC3)cc1. The molecule has 0 spiro atoms. The maximum atomic E-state index is 12.9. The fourth-order valence-electron chi connectivity index (χ4n) is 3.45. The van der Waals surface area contributed by atoms with Crippen molar-refractivity contribution >= 4 is 0 Å². The van der Waals surface area contributed by atoms with Crippen LogP contribution in [0.1, 0.15) is 22.4 Å². The highest BCUT2D eigenvalue weighted by Gasteiger charge is 2.23. The molecule has 6 heteroatoms. The summed E-state index contributed by atoms with van der Waals surface area (Å²) in [6.45, 7) is 2.27. The van der Waals surface area contributed by atoms with E-state index in [2.05, 4.69) is 16.1 Å². The number of rotatable bonds is 4. The average molecular weight is 360 g/mol. The number of benzene rings is 2. The Morgan fingerprint density at radius 2 is 1.89 bits per heavy atom. The number of H-pyrrole nitrogens is 1. The zero-order chi connectivity index (χ0) is 18.8. The molecule has 0 atom stereocenters. The molecule has 1 N–H and O–H groups in total. The molecule has 0 amide bonds. The quantitative estimate of drug-likeness (QED) is 0.776. The molecule has 0 unspecified atom stereocenters. The summed E-state index contributed by atoms with van der Waals surface area (Å²) in [6.07, 6.45) is 0.810. The van der Waals surface area contributed by atoms with Crippen LogP contribution in [0.15, 0.2) is 53.3 Å². The first-order chi connectivity index (χ1) is 13.2. The highest BCUT2D eigenvalue weighted by molar-refractivity contribution is 5.38. The van der Waals surface area contributed by atoms with E-state index in [1.807, 2.05) is 48.5 Å². The molecule has 6 nitrogen and oxygen atoms in total. The summed E-state index contributed by atoms with van der Waals surface area (Å²) in [5.41, 5.74) is 4.43. The third-order valence-corrected chi connectivity index (χ3v) is 4.95. The number of nitriles is 1. The summed E-state index contributed by atoms with van der Waals surface area (Å²) in [5, 5.41) is 12.2. The Morgan fingerprint density at radius 3 is 2.56 bits per heavy atom. The highest BCUT2D eigenvalue weighted by atomic mass is 16.5. The minimum Gasteiger partial charge on any atom is -0.497 e. The molecule has 1 aliphatic rings. The van der Waals surface area contributed by atoms with E-state index in [0.29, 0.717) is 12.1 Å². The number of aromatic nitrogens is 2. The Bertz CT molecular complexity index is 1040. The number of nitrogens with one attached hydrogen (secondary N) is 1. The maximum Gasteiger partial charge on any atom is 0.275 e. The lowest BCUT2D eigenvalue weighted by Crippen LogP contribution is -2.32. The predicted molar refractivity (Wildman–Crippen MR) is 102 cm³/mol. The fraction of sp³-hybridized carbons (Fsp3) is 0.238. The smallest absolute Gasteiger partial charge is 0.275 e. The van der Waals surface area contributed by atoms with E-state index in [1.165, 1.54) is 0 Å². The molecular formula is C21H20N4O2. The van der Waals surface area contributed by atoms with Crippen LogP contribution in [0.25, 0.3) is 5.69 Å². The Labute approximate surface area is 157 Å². The van der Waals surface area contributed by atoms with Crippen molar-refractivity contribution in [1.29, 1.82) is 5.26 Å². The minimum absolute atomic E-state index is 0.000282. The van der Waals surface area contributed by atoms with E-state index in [9.17, 15) is 4.79 Å². The van der Waals surface area contributed by atoms with E-state index in [4.69, 9.17) is 10.00 Å². The number of fused-ring (bicyclic) bond motifs is 1. The van der Waals surface area contributed by atoms with Crippen molar-refractivity contribution in [3.63, 3.8) is 0 Å². The van der Waals surface area contributed by atoms with E-state index in [1.54, 1.807) is 11.8 Å². The Balaban J connectivity index is 1.54. The molecule has 27 heavy (non-hydrogen) atoms. The maximum absolute atomic E-state index is 12.9. The Kier molecular flexibility index (Phi) is 4.53. The van der Waals surface area contributed by atoms with Crippen molar-refractivity contribution in [3.8, 4) is 17.5 Å². The summed E-state index contributed by atoms with van der Waals surface area (Å²) >= 11 is 0. The van der Waals surface area contributed by atoms with E-state index < -0.39 is 0 Å². The van der Waals surface area contributed by atoms with Gasteiger partial charge in [0.15, 0.2) is 0 Å². The molecule has 1 aliphatic heterocycles. The van der Waals surface area contributed by atoms with Crippen molar-refractivity contribution in [1.82, 2.24) is 14.7 Å². The highest BCUT2D eigenvalue weighted by Crippen LogP contribution is 2.19. The van der Waals surface area contributed by atoms with Crippen LogP contribution in [-0.2, 0) is 19.5 Å². The van der Waals surface area contributed by atoms with Crippen LogP contribution in [0.5, 0.6) is 5.75 Å². The summed E-state index contributed by atoms with van der Waals surface area (Å²) in [5.74, 6) is 0.761. The second-order valence-electron chi connectivity index (χ2n) is 6.68. The van der Waals surface area contributed by atoms with Gasteiger partial charge in [-0.1, -0.05) is 12.1 Å². The molecule has 1 aromatic heterocycles. The van der Waals surface area contributed by atoms with Gasteiger partial charge in [-0.2, -0.15) is 5.26 Å². The van der Waals surface area contributed by atoms with Gasteiger partial charge in [0.1, 0.15) is 5.75 Å². The number of ether oxygens (including phenoxy) is 1. The van der Waals surface area contributed by atoms with Crippen molar-refractivity contribution in [3.05, 3.63) is 81.3 Å². The minimum atomic E-state index is -0.000282. The zero-order valence-electron chi connectivity index (χ0n) is 15.1. The van der Waals surface area contributed by atoms with Gasteiger partial charge in [0.25, 0.3) is 5.56 Å². The average Bonchev–Trinajstić information content (AvgIpc) is 3.05. The van der Waals surface area contributed by atoms with Gasteiger partial charge in [0, 0.05) is 31.7 Å². The molecule has 2 aromatic carbocycles. The van der Waals surface area contributed by atoms with Gasteiger partial charge in [0.2, 0.25) is 0 Å². The lowest BCUT2D eigenvalue weighted by atomic mass is 10.1. The van der Waals surface area contributed by atoms with E-state index in [0.717, 1.165) is 47.8 Å². The van der Waals surface area contributed by atoms with Crippen LogP contribution in [0.2, 0.25) is 0 Å². The zero-order valence-corrected chi connectivity index (χ0v) is 15.1. The Morgan fingerprint density at radius 1 is 1.15 bits per heavy atom. The number of hydrogen-bond donors (Lipinski definition) is 1. The first-order valence-electron chi connectivity index (χ1n) is 8.86. The summed E-state index contributed by atoms with van der Waals surface area (Å²) < 4.78 is 6.79. The van der Waals surface area contributed by atoms with Crippen LogP contribution < -0.4 is 10.3 Å². The predicted octanol–water partition coefficient (Wildman–Crippen LogP) is 2.60. The van der Waals surface area contributed by atoms with Crippen molar-refractivity contribution in [2.75, 3.05) is 13.7 Å². The topological polar surface area (TPSA) is 74.0 Å². The van der Waals surface area contributed by atoms with Gasteiger partial charge < -0.3 is 4.74 Å². The standard InChI is InChI=1S/C21H20N4O2/c1-27-18-8-6-17(7-9-18)25-21(26)19-14-24(11-10-20(19)23-25)13-16-4-2-15(12-22)3-5-16/h2-9,23H,10-11,13-14H2,1H3. The summed E-state index contributed by atoms with van der Waals surface area (Å²) in [4.78, 5) is 15.1. The van der Waals surface area contributed by atoms with E-state index in [-0.39, 0.29) is 5.56 Å². The van der Waals surface area contributed by atoms with Gasteiger partial charge in [-0.05, 0) is 42.0 Å². The van der Waals surface area contributed by atoms with Crippen molar-refractivity contribution in [2.24, 2.45) is 0 Å². The molecule has 2 heterocycles. The van der Waals surface area contributed by atoms with Crippen molar-refractivity contribution < 1.29 is 4.74 Å². The van der Waals surface area contributed by atoms with Gasteiger partial charge in [0.05, 0.1) is 30.0 Å². The second-order valence-corrected chi connectivity index (χ2v) is 6.68. The van der Waals surface area contributed by atoms with Crippen molar-refractivity contribution in [2.45, 2.75) is 19.5 Å². The van der Waals surface area contributed by atoms with E-state index >= 15 is 0 Å². The monoisotopic (exact) mass is 360 g/mol. The summed E-state index contributed by atoms with van der Waals surface area (Å²) in [6, 6.07) is 17.2. The number of aromatic amines is 1. The fourth-order valence-corrected chi connectivity index (χ4v) is 3.45. The molecule has 4 rings (SSSR count). The van der Waals surface area contributed by atoms with Crippen LogP contribution in [0.3, 0.4) is 0 Å². The largest absolute Gasteiger partial charge is 0.497 e. The summed E-state index contributed by atoms with van der Waals surface area (Å²) in [7, 11) is 1.62. The first kappa shape index (κ1) is 17.1. The molecule has 0 aliphatic carbocycles. The molecule has 0 bridgehead atoms. The molecule has 0 radical (unpaired) electrons. The Hall–Kier alpha value is -3.30. The molecule has 3 aromatic rings.